The molecule has 28 heavy (non-hydrogen) atoms. The number of benzene rings is 2. The Balaban J connectivity index is 1.81. The Hall–Kier alpha value is -1.64. The summed E-state index contributed by atoms with van der Waals surface area (Å²) < 4.78 is 63.0. The molecule has 4 rings (SSSR count). The van der Waals surface area contributed by atoms with Gasteiger partial charge < -0.3 is 0 Å². The van der Waals surface area contributed by atoms with E-state index >= 15 is 0 Å². The summed E-state index contributed by atoms with van der Waals surface area (Å²) in [6.07, 6.45) is -0.814. The molecule has 0 amide bonds. The van der Waals surface area contributed by atoms with Gasteiger partial charge in [-0.15, -0.1) is 0 Å². The Morgan fingerprint density at radius 1 is 0.929 bits per heavy atom. The Labute approximate surface area is 169 Å². The Kier molecular flexibility index (Phi) is 4.52. The predicted octanol–water partition coefficient (Wildman–Crippen LogP) is 5.60. The van der Waals surface area contributed by atoms with E-state index in [1.807, 2.05) is 0 Å². The van der Waals surface area contributed by atoms with Crippen molar-refractivity contribution in [2.75, 3.05) is 0 Å². The van der Waals surface area contributed by atoms with Crippen LogP contribution < -0.4 is 5.14 Å². The number of halogens is 4. The van der Waals surface area contributed by atoms with Crippen molar-refractivity contribution in [3.63, 3.8) is 0 Å². The molecule has 2 N–H and O–H groups in total. The largest absolute Gasteiger partial charge is 0.417 e. The SMILES string of the molecule is NS(=O)(=O)c1ccc(C2=C(c3ccc(Br)c(C(F)(F)F)c3)CC3(CC3)C2)cc1. The van der Waals surface area contributed by atoms with E-state index in [4.69, 9.17) is 5.14 Å². The third kappa shape index (κ3) is 3.65. The Morgan fingerprint density at radius 2 is 1.46 bits per heavy atom. The molecule has 8 heteroatoms. The van der Waals surface area contributed by atoms with Crippen molar-refractivity contribution >= 4 is 37.1 Å². The minimum absolute atomic E-state index is 0.0144. The maximum Gasteiger partial charge on any atom is 0.417 e. The summed E-state index contributed by atoms with van der Waals surface area (Å²) in [6.45, 7) is 0. The second-order valence-corrected chi connectivity index (χ2v) is 9.99. The van der Waals surface area contributed by atoms with Crippen LogP contribution in [0.3, 0.4) is 0 Å². The van der Waals surface area contributed by atoms with Gasteiger partial charge in [0, 0.05) is 4.47 Å². The molecule has 2 aliphatic rings. The first-order chi connectivity index (χ1) is 13.0. The zero-order valence-corrected chi connectivity index (χ0v) is 17.1. The van der Waals surface area contributed by atoms with Gasteiger partial charge in [-0.05, 0) is 77.6 Å². The summed E-state index contributed by atoms with van der Waals surface area (Å²) in [6, 6.07) is 10.6. The molecule has 0 saturated heterocycles. The number of allylic oxidation sites excluding steroid dienone is 2. The molecule has 0 aliphatic heterocycles. The summed E-state index contributed by atoms with van der Waals surface area (Å²) in [4.78, 5) is 0.0144. The monoisotopic (exact) mass is 471 g/mol. The van der Waals surface area contributed by atoms with Gasteiger partial charge in [0.1, 0.15) is 0 Å². The number of rotatable bonds is 3. The van der Waals surface area contributed by atoms with Crippen LogP contribution in [0.25, 0.3) is 11.1 Å². The molecule has 0 atom stereocenters. The molecule has 2 aromatic rings. The van der Waals surface area contributed by atoms with E-state index < -0.39 is 21.8 Å². The standard InChI is InChI=1S/C20H17BrF3NO2S/c21-18-6-3-13(9-17(18)20(22,23)24)16-11-19(7-8-19)10-15(16)12-1-4-14(5-2-12)28(25,26)27/h1-6,9H,7-8,10-11H2,(H2,25,26,27). The van der Waals surface area contributed by atoms with Crippen LogP contribution in [0.4, 0.5) is 13.2 Å². The maximum atomic E-state index is 13.3. The molecular formula is C20H17BrF3NO2S. The van der Waals surface area contributed by atoms with Gasteiger partial charge in [0.25, 0.3) is 0 Å². The fourth-order valence-electron chi connectivity index (χ4n) is 3.88. The number of nitrogens with two attached hydrogens (primary N) is 1. The number of primary sulfonamides is 1. The molecule has 1 spiro atoms. The first kappa shape index (κ1) is 19.7. The lowest BCUT2D eigenvalue weighted by atomic mass is 9.96. The van der Waals surface area contributed by atoms with E-state index in [1.54, 1.807) is 18.2 Å². The van der Waals surface area contributed by atoms with E-state index in [0.717, 1.165) is 42.4 Å². The molecule has 0 aromatic heterocycles. The lowest BCUT2D eigenvalue weighted by Gasteiger charge is -2.14. The summed E-state index contributed by atoms with van der Waals surface area (Å²) in [7, 11) is -3.79. The Bertz CT molecular complexity index is 1090. The zero-order chi connectivity index (χ0) is 20.3. The van der Waals surface area contributed by atoms with E-state index in [-0.39, 0.29) is 14.8 Å². The smallest absolute Gasteiger partial charge is 0.225 e. The summed E-state index contributed by atoms with van der Waals surface area (Å²) in [5.74, 6) is 0. The molecule has 1 saturated carbocycles. The van der Waals surface area contributed by atoms with Crippen LogP contribution >= 0.6 is 15.9 Å². The van der Waals surface area contributed by atoms with Crippen molar-refractivity contribution in [2.24, 2.45) is 10.6 Å². The van der Waals surface area contributed by atoms with Gasteiger partial charge >= 0.3 is 6.18 Å². The lowest BCUT2D eigenvalue weighted by Crippen LogP contribution is -2.11. The molecular weight excluding hydrogens is 455 g/mol. The summed E-state index contributed by atoms with van der Waals surface area (Å²) in [5.41, 5.74) is 2.70. The second-order valence-electron chi connectivity index (χ2n) is 7.57. The van der Waals surface area contributed by atoms with E-state index in [0.29, 0.717) is 5.56 Å². The fraction of sp³-hybridized carbons (Fsp3) is 0.300. The first-order valence-electron chi connectivity index (χ1n) is 8.71. The highest BCUT2D eigenvalue weighted by atomic mass is 79.9. The highest BCUT2D eigenvalue weighted by molar-refractivity contribution is 9.10. The first-order valence-corrected chi connectivity index (χ1v) is 11.0. The number of hydrogen-bond donors (Lipinski definition) is 1. The van der Waals surface area contributed by atoms with Gasteiger partial charge in [-0.1, -0.05) is 34.1 Å². The highest BCUT2D eigenvalue weighted by Crippen LogP contribution is 2.63. The van der Waals surface area contributed by atoms with Crippen molar-refractivity contribution in [1.29, 1.82) is 0 Å². The Morgan fingerprint density at radius 3 is 1.96 bits per heavy atom. The van der Waals surface area contributed by atoms with Crippen LogP contribution in [0, 0.1) is 5.41 Å². The van der Waals surface area contributed by atoms with Crippen molar-refractivity contribution in [3.05, 3.63) is 63.6 Å². The third-order valence-corrected chi connectivity index (χ3v) is 7.20. The van der Waals surface area contributed by atoms with Crippen LogP contribution in [0.2, 0.25) is 0 Å². The quantitative estimate of drug-likeness (QED) is 0.632. The van der Waals surface area contributed by atoms with Crippen molar-refractivity contribution in [3.8, 4) is 0 Å². The van der Waals surface area contributed by atoms with Gasteiger partial charge in [0.05, 0.1) is 10.5 Å². The van der Waals surface area contributed by atoms with Crippen molar-refractivity contribution < 1.29 is 21.6 Å². The van der Waals surface area contributed by atoms with Crippen LogP contribution in [-0.2, 0) is 16.2 Å². The van der Waals surface area contributed by atoms with E-state index in [2.05, 4.69) is 15.9 Å². The van der Waals surface area contributed by atoms with Crippen molar-refractivity contribution in [1.82, 2.24) is 0 Å². The highest BCUT2D eigenvalue weighted by Gasteiger charge is 2.48. The normalized spacial score (nSPS) is 18.8. The predicted molar refractivity (Wildman–Crippen MR) is 105 cm³/mol. The van der Waals surface area contributed by atoms with Gasteiger partial charge in [0.2, 0.25) is 10.0 Å². The maximum absolute atomic E-state index is 13.3. The van der Waals surface area contributed by atoms with Crippen LogP contribution in [0.15, 0.2) is 51.8 Å². The third-order valence-electron chi connectivity index (χ3n) is 5.58. The molecule has 148 valence electrons. The number of alkyl halides is 3. The molecule has 1 fully saturated rings. The molecule has 0 unspecified atom stereocenters. The molecule has 0 bridgehead atoms. The van der Waals surface area contributed by atoms with Gasteiger partial charge in [0.15, 0.2) is 0 Å². The minimum Gasteiger partial charge on any atom is -0.225 e. The topological polar surface area (TPSA) is 60.2 Å². The van der Waals surface area contributed by atoms with E-state index in [1.165, 1.54) is 24.3 Å². The molecule has 2 aliphatic carbocycles. The minimum atomic E-state index is -4.44. The second kappa shape index (κ2) is 6.43. The zero-order valence-electron chi connectivity index (χ0n) is 14.7. The number of sulfonamides is 1. The average Bonchev–Trinajstić information content (AvgIpc) is 3.25. The van der Waals surface area contributed by atoms with E-state index in [9.17, 15) is 21.6 Å². The van der Waals surface area contributed by atoms with Gasteiger partial charge in [-0.25, -0.2) is 13.6 Å². The molecule has 3 nitrogen and oxygen atoms in total. The molecule has 0 radical (unpaired) electrons. The summed E-state index contributed by atoms with van der Waals surface area (Å²) >= 11 is 2.99. The molecule has 2 aromatic carbocycles. The summed E-state index contributed by atoms with van der Waals surface area (Å²) in [5, 5.41) is 5.15. The lowest BCUT2D eigenvalue weighted by molar-refractivity contribution is -0.138. The number of hydrogen-bond acceptors (Lipinski definition) is 2. The van der Waals surface area contributed by atoms with Crippen molar-refractivity contribution in [2.45, 2.75) is 36.8 Å². The average molecular weight is 472 g/mol. The van der Waals surface area contributed by atoms with Gasteiger partial charge in [-0.2, -0.15) is 13.2 Å². The van der Waals surface area contributed by atoms with Crippen LogP contribution in [0.1, 0.15) is 42.4 Å². The van der Waals surface area contributed by atoms with Gasteiger partial charge in [-0.3, -0.25) is 0 Å². The van der Waals surface area contributed by atoms with Crippen LogP contribution in [0.5, 0.6) is 0 Å². The fourth-order valence-corrected chi connectivity index (χ4v) is 4.87. The molecule has 0 heterocycles. The van der Waals surface area contributed by atoms with Crippen LogP contribution in [-0.4, -0.2) is 8.42 Å².